The van der Waals surface area contributed by atoms with Crippen LogP contribution in [0.25, 0.3) is 0 Å². The van der Waals surface area contributed by atoms with Gasteiger partial charge in [-0.3, -0.25) is 0 Å². The lowest BCUT2D eigenvalue weighted by Crippen LogP contribution is -2.41. The summed E-state index contributed by atoms with van der Waals surface area (Å²) < 4.78 is 24.7. The predicted molar refractivity (Wildman–Crippen MR) is 67.9 cm³/mol. The highest BCUT2D eigenvalue weighted by atomic mass is 32.2. The molecule has 1 aliphatic rings. The molecule has 0 unspecified atom stereocenters. The van der Waals surface area contributed by atoms with E-state index in [1.807, 2.05) is 0 Å². The van der Waals surface area contributed by atoms with Gasteiger partial charge in [-0.05, 0) is 37.1 Å². The second-order valence-electron chi connectivity index (χ2n) is 4.51. The number of carbonyl (C=O) groups is 1. The summed E-state index contributed by atoms with van der Waals surface area (Å²) in [5.41, 5.74) is 0. The van der Waals surface area contributed by atoms with Gasteiger partial charge in [0.15, 0.2) is 9.84 Å². The predicted octanol–water partition coefficient (Wildman–Crippen LogP) is 1.31. The largest absolute Gasteiger partial charge is 0.508 e. The van der Waals surface area contributed by atoms with E-state index in [2.05, 4.69) is 0 Å². The number of amides is 1. The number of nitrogens with zero attached hydrogens (tertiary/aromatic N) is 1. The molecule has 0 bridgehead atoms. The zero-order valence-corrected chi connectivity index (χ0v) is 11.0. The topological polar surface area (TPSA) is 94.9 Å². The van der Waals surface area contributed by atoms with Gasteiger partial charge in [0.05, 0.1) is 10.1 Å². The number of hydrogen-bond donors (Lipinski definition) is 2. The van der Waals surface area contributed by atoms with Crippen LogP contribution in [0.3, 0.4) is 0 Å². The Morgan fingerprint density at radius 2 is 1.68 bits per heavy atom. The van der Waals surface area contributed by atoms with Gasteiger partial charge in [-0.25, -0.2) is 13.2 Å². The summed E-state index contributed by atoms with van der Waals surface area (Å²) in [7, 11) is -3.46. The summed E-state index contributed by atoms with van der Waals surface area (Å²) in [6.07, 6.45) is -0.411. The van der Waals surface area contributed by atoms with E-state index in [-0.39, 0.29) is 23.7 Å². The Morgan fingerprint density at radius 3 is 2.16 bits per heavy atom. The first kappa shape index (κ1) is 13.7. The molecular formula is C12H15NO5S. The van der Waals surface area contributed by atoms with Crippen LogP contribution < -0.4 is 0 Å². The number of phenolic OH excluding ortho intramolecular Hbond substituents is 1. The second kappa shape index (κ2) is 5.08. The van der Waals surface area contributed by atoms with E-state index in [0.717, 1.165) is 0 Å². The number of hydrogen-bond acceptors (Lipinski definition) is 4. The third-order valence-corrected chi connectivity index (χ3v) is 5.59. The van der Waals surface area contributed by atoms with Crippen LogP contribution in [-0.4, -0.2) is 48.0 Å². The number of phenols is 1. The lowest BCUT2D eigenvalue weighted by molar-refractivity contribution is 0.136. The van der Waals surface area contributed by atoms with Crippen LogP contribution in [0.15, 0.2) is 29.2 Å². The van der Waals surface area contributed by atoms with Crippen LogP contribution in [-0.2, 0) is 9.84 Å². The third kappa shape index (κ3) is 2.81. The van der Waals surface area contributed by atoms with Crippen molar-refractivity contribution in [2.45, 2.75) is 23.0 Å². The Hall–Kier alpha value is -1.76. The van der Waals surface area contributed by atoms with Gasteiger partial charge in [-0.15, -0.1) is 0 Å². The highest BCUT2D eigenvalue weighted by Gasteiger charge is 2.32. The normalized spacial score (nSPS) is 17.4. The molecule has 2 N–H and O–H groups in total. The van der Waals surface area contributed by atoms with Crippen LogP contribution in [0, 0.1) is 0 Å². The average molecular weight is 285 g/mol. The Balaban J connectivity index is 2.14. The molecule has 1 aliphatic heterocycles. The van der Waals surface area contributed by atoms with Crippen LogP contribution in [0.1, 0.15) is 12.8 Å². The molecule has 1 saturated heterocycles. The third-order valence-electron chi connectivity index (χ3n) is 3.32. The molecule has 2 rings (SSSR count). The molecule has 0 aromatic heterocycles. The molecule has 7 heteroatoms. The molecule has 1 heterocycles. The van der Waals surface area contributed by atoms with Crippen molar-refractivity contribution in [1.29, 1.82) is 0 Å². The number of benzene rings is 1. The molecule has 1 fully saturated rings. The van der Waals surface area contributed by atoms with Gasteiger partial charge in [-0.2, -0.15) is 0 Å². The van der Waals surface area contributed by atoms with E-state index < -0.39 is 21.2 Å². The van der Waals surface area contributed by atoms with Gasteiger partial charge >= 0.3 is 6.09 Å². The fourth-order valence-corrected chi connectivity index (χ4v) is 3.92. The number of sulfone groups is 1. The van der Waals surface area contributed by atoms with Gasteiger partial charge in [0, 0.05) is 13.1 Å². The molecule has 0 saturated carbocycles. The molecule has 1 aromatic rings. The maximum absolute atomic E-state index is 12.3. The quantitative estimate of drug-likeness (QED) is 0.854. The van der Waals surface area contributed by atoms with Crippen molar-refractivity contribution >= 4 is 15.9 Å². The zero-order valence-electron chi connectivity index (χ0n) is 10.2. The summed E-state index contributed by atoms with van der Waals surface area (Å²) >= 11 is 0. The van der Waals surface area contributed by atoms with Crippen molar-refractivity contribution in [2.24, 2.45) is 0 Å². The summed E-state index contributed by atoms with van der Waals surface area (Å²) in [5, 5.41) is 17.4. The zero-order chi connectivity index (χ0) is 14.0. The second-order valence-corrected chi connectivity index (χ2v) is 6.74. The molecule has 0 atom stereocenters. The van der Waals surface area contributed by atoms with Gasteiger partial charge in [0.1, 0.15) is 5.75 Å². The van der Waals surface area contributed by atoms with Crippen molar-refractivity contribution in [3.8, 4) is 5.75 Å². The minimum atomic E-state index is -3.46. The van der Waals surface area contributed by atoms with Gasteiger partial charge < -0.3 is 15.1 Å². The molecule has 1 amide bonds. The summed E-state index contributed by atoms with van der Waals surface area (Å²) in [6, 6.07) is 5.40. The Morgan fingerprint density at radius 1 is 1.16 bits per heavy atom. The van der Waals surface area contributed by atoms with Crippen LogP contribution in [0.5, 0.6) is 5.75 Å². The first-order valence-corrected chi connectivity index (χ1v) is 7.46. The number of likely N-dealkylation sites (tertiary alicyclic amines) is 1. The van der Waals surface area contributed by atoms with Gasteiger partial charge in [0.2, 0.25) is 0 Å². The number of aromatic hydroxyl groups is 1. The van der Waals surface area contributed by atoms with Crippen molar-refractivity contribution in [2.75, 3.05) is 13.1 Å². The standard InChI is InChI=1S/C12H15NO5S/c14-9-1-3-10(4-2-9)19(17,18)11-5-7-13(8-6-11)12(15)16/h1-4,11,14H,5-8H2,(H,15,16). The Bertz CT molecular complexity index is 558. The number of carboxylic acid groups (broad SMARTS) is 1. The SMILES string of the molecule is O=C(O)N1CCC(S(=O)(=O)c2ccc(O)cc2)CC1. The van der Waals surface area contributed by atoms with E-state index in [4.69, 9.17) is 10.2 Å². The molecule has 1 aromatic carbocycles. The smallest absolute Gasteiger partial charge is 0.407 e. The average Bonchev–Trinajstić information content (AvgIpc) is 2.39. The van der Waals surface area contributed by atoms with Crippen molar-refractivity contribution in [1.82, 2.24) is 4.90 Å². The molecule has 104 valence electrons. The molecule has 0 radical (unpaired) electrons. The molecule has 6 nitrogen and oxygen atoms in total. The monoisotopic (exact) mass is 285 g/mol. The van der Waals surface area contributed by atoms with E-state index in [1.165, 1.54) is 29.2 Å². The number of piperidine rings is 1. The fourth-order valence-electron chi connectivity index (χ4n) is 2.19. The maximum atomic E-state index is 12.3. The van der Waals surface area contributed by atoms with Gasteiger partial charge in [0.25, 0.3) is 0 Å². The summed E-state index contributed by atoms with van der Waals surface area (Å²) in [4.78, 5) is 12.2. The van der Waals surface area contributed by atoms with E-state index in [9.17, 15) is 13.2 Å². The highest BCUT2D eigenvalue weighted by Crippen LogP contribution is 2.25. The Kier molecular flexibility index (Phi) is 3.66. The fraction of sp³-hybridized carbons (Fsp3) is 0.417. The highest BCUT2D eigenvalue weighted by molar-refractivity contribution is 7.92. The molecule has 19 heavy (non-hydrogen) atoms. The first-order valence-electron chi connectivity index (χ1n) is 5.92. The lowest BCUT2D eigenvalue weighted by atomic mass is 10.1. The molecular weight excluding hydrogens is 270 g/mol. The molecule has 0 aliphatic carbocycles. The molecule has 0 spiro atoms. The van der Waals surface area contributed by atoms with Crippen LogP contribution in [0.4, 0.5) is 4.79 Å². The summed E-state index contributed by atoms with van der Waals surface area (Å²) in [5.74, 6) is 0.0136. The minimum Gasteiger partial charge on any atom is -0.508 e. The van der Waals surface area contributed by atoms with E-state index >= 15 is 0 Å². The van der Waals surface area contributed by atoms with Crippen molar-refractivity contribution in [3.05, 3.63) is 24.3 Å². The van der Waals surface area contributed by atoms with E-state index in [1.54, 1.807) is 0 Å². The van der Waals surface area contributed by atoms with Crippen molar-refractivity contribution in [3.63, 3.8) is 0 Å². The lowest BCUT2D eigenvalue weighted by Gasteiger charge is -2.29. The first-order chi connectivity index (χ1) is 8.91. The maximum Gasteiger partial charge on any atom is 0.407 e. The summed E-state index contributed by atoms with van der Waals surface area (Å²) in [6.45, 7) is 0.467. The Labute approximate surface area is 111 Å². The van der Waals surface area contributed by atoms with Gasteiger partial charge in [-0.1, -0.05) is 0 Å². The number of rotatable bonds is 2. The minimum absolute atomic E-state index is 0.0136. The van der Waals surface area contributed by atoms with E-state index in [0.29, 0.717) is 12.8 Å². The van der Waals surface area contributed by atoms with Crippen molar-refractivity contribution < 1.29 is 23.4 Å². The van der Waals surface area contributed by atoms with Crippen LogP contribution >= 0.6 is 0 Å². The van der Waals surface area contributed by atoms with Crippen LogP contribution in [0.2, 0.25) is 0 Å².